The topological polar surface area (TPSA) is 21.8 Å². The highest BCUT2D eigenvalue weighted by Gasteiger charge is 2.31. The predicted molar refractivity (Wildman–Crippen MR) is 51.3 cm³/mol. The molecule has 1 aromatic carbocycles. The summed E-state index contributed by atoms with van der Waals surface area (Å²) in [6, 6.07) is 7.47. The molecule has 1 aliphatic rings. The van der Waals surface area contributed by atoms with Gasteiger partial charge >= 0.3 is 0 Å². The third-order valence-corrected chi connectivity index (χ3v) is 2.34. The summed E-state index contributed by atoms with van der Waals surface area (Å²) < 4.78 is 10.7. The van der Waals surface area contributed by atoms with Gasteiger partial charge in [0, 0.05) is 0 Å². The average molecular weight is 199 g/mol. The van der Waals surface area contributed by atoms with Crippen molar-refractivity contribution < 1.29 is 9.47 Å². The Morgan fingerprint density at radius 3 is 2.85 bits per heavy atom. The standard InChI is InChI=1S/C10H11ClO2/c1-7(10-6-12-10)13-9-5-3-2-4-8(9)11/h2-5,7,10H,6H2,1H3/t7-,10-/m1/s1. The molecule has 13 heavy (non-hydrogen) atoms. The third-order valence-electron chi connectivity index (χ3n) is 2.03. The Morgan fingerprint density at radius 2 is 2.23 bits per heavy atom. The molecule has 0 aromatic heterocycles. The predicted octanol–water partition coefficient (Wildman–Crippen LogP) is 2.51. The third kappa shape index (κ3) is 2.14. The van der Waals surface area contributed by atoms with E-state index in [4.69, 9.17) is 21.1 Å². The van der Waals surface area contributed by atoms with Gasteiger partial charge in [0.15, 0.2) is 0 Å². The lowest BCUT2D eigenvalue weighted by molar-refractivity contribution is 0.176. The molecule has 0 amide bonds. The maximum atomic E-state index is 5.93. The summed E-state index contributed by atoms with van der Waals surface area (Å²) in [5.74, 6) is 0.729. The Morgan fingerprint density at radius 1 is 1.54 bits per heavy atom. The van der Waals surface area contributed by atoms with E-state index in [0.29, 0.717) is 5.02 Å². The van der Waals surface area contributed by atoms with Crippen molar-refractivity contribution in [3.05, 3.63) is 29.3 Å². The monoisotopic (exact) mass is 198 g/mol. The summed E-state index contributed by atoms with van der Waals surface area (Å²) in [5.41, 5.74) is 0. The molecule has 0 saturated carbocycles. The Kier molecular flexibility index (Phi) is 2.42. The van der Waals surface area contributed by atoms with Gasteiger partial charge in [-0.2, -0.15) is 0 Å². The Labute approximate surface area is 82.4 Å². The second-order valence-corrected chi connectivity index (χ2v) is 3.53. The number of halogens is 1. The van der Waals surface area contributed by atoms with Crippen LogP contribution in [-0.4, -0.2) is 18.8 Å². The molecule has 1 heterocycles. The van der Waals surface area contributed by atoms with Gasteiger partial charge < -0.3 is 9.47 Å². The normalized spacial score (nSPS) is 22.5. The summed E-state index contributed by atoms with van der Waals surface area (Å²) in [7, 11) is 0. The maximum Gasteiger partial charge on any atom is 0.138 e. The highest BCUT2D eigenvalue weighted by Crippen LogP contribution is 2.27. The molecule has 0 aliphatic carbocycles. The van der Waals surface area contributed by atoms with Gasteiger partial charge in [-0.3, -0.25) is 0 Å². The van der Waals surface area contributed by atoms with Gasteiger partial charge in [0.05, 0.1) is 11.6 Å². The van der Waals surface area contributed by atoms with Gasteiger partial charge in [0.1, 0.15) is 18.0 Å². The number of benzene rings is 1. The molecule has 1 aliphatic heterocycles. The SMILES string of the molecule is C[C@@H](Oc1ccccc1Cl)[C@H]1CO1. The zero-order valence-corrected chi connectivity index (χ0v) is 8.12. The molecular weight excluding hydrogens is 188 g/mol. The first kappa shape index (κ1) is 8.85. The number of hydrogen-bond donors (Lipinski definition) is 0. The fraction of sp³-hybridized carbons (Fsp3) is 0.400. The van der Waals surface area contributed by atoms with Crippen LogP contribution in [0.3, 0.4) is 0 Å². The summed E-state index contributed by atoms with van der Waals surface area (Å²) in [6.45, 7) is 2.78. The second-order valence-electron chi connectivity index (χ2n) is 3.13. The number of rotatable bonds is 3. The zero-order chi connectivity index (χ0) is 9.26. The van der Waals surface area contributed by atoms with Crippen LogP contribution in [0.4, 0.5) is 0 Å². The van der Waals surface area contributed by atoms with E-state index in [-0.39, 0.29) is 12.2 Å². The van der Waals surface area contributed by atoms with Crippen molar-refractivity contribution in [2.24, 2.45) is 0 Å². The Bertz CT molecular complexity index is 297. The minimum Gasteiger partial charge on any atom is -0.486 e. The van der Waals surface area contributed by atoms with Crippen molar-refractivity contribution in [2.75, 3.05) is 6.61 Å². The molecule has 0 spiro atoms. The van der Waals surface area contributed by atoms with E-state index in [1.807, 2.05) is 31.2 Å². The van der Waals surface area contributed by atoms with E-state index >= 15 is 0 Å². The van der Waals surface area contributed by atoms with Gasteiger partial charge in [-0.25, -0.2) is 0 Å². The molecule has 0 unspecified atom stereocenters. The van der Waals surface area contributed by atoms with Crippen LogP contribution in [0, 0.1) is 0 Å². The molecule has 2 rings (SSSR count). The maximum absolute atomic E-state index is 5.93. The van der Waals surface area contributed by atoms with Crippen molar-refractivity contribution >= 4 is 11.6 Å². The van der Waals surface area contributed by atoms with Crippen LogP contribution >= 0.6 is 11.6 Å². The van der Waals surface area contributed by atoms with Gasteiger partial charge in [0.2, 0.25) is 0 Å². The van der Waals surface area contributed by atoms with Crippen molar-refractivity contribution in [3.8, 4) is 5.75 Å². The van der Waals surface area contributed by atoms with E-state index in [1.54, 1.807) is 0 Å². The summed E-state index contributed by atoms with van der Waals surface area (Å²) >= 11 is 5.93. The van der Waals surface area contributed by atoms with Crippen LogP contribution in [0.1, 0.15) is 6.92 Å². The number of epoxide rings is 1. The van der Waals surface area contributed by atoms with Gasteiger partial charge in [-0.05, 0) is 19.1 Å². The Hall–Kier alpha value is -0.730. The van der Waals surface area contributed by atoms with Gasteiger partial charge in [-0.15, -0.1) is 0 Å². The van der Waals surface area contributed by atoms with E-state index in [9.17, 15) is 0 Å². The highest BCUT2D eigenvalue weighted by atomic mass is 35.5. The van der Waals surface area contributed by atoms with Crippen LogP contribution in [0.15, 0.2) is 24.3 Å². The molecule has 0 radical (unpaired) electrons. The summed E-state index contributed by atoms with van der Waals surface area (Å²) in [6.07, 6.45) is 0.330. The van der Waals surface area contributed by atoms with Crippen LogP contribution in [0.25, 0.3) is 0 Å². The van der Waals surface area contributed by atoms with E-state index in [2.05, 4.69) is 0 Å². The number of hydrogen-bond acceptors (Lipinski definition) is 2. The van der Waals surface area contributed by atoms with Crippen LogP contribution in [0.2, 0.25) is 5.02 Å². The minimum atomic E-state index is 0.0832. The smallest absolute Gasteiger partial charge is 0.138 e. The van der Waals surface area contributed by atoms with Crippen molar-refractivity contribution in [2.45, 2.75) is 19.1 Å². The minimum absolute atomic E-state index is 0.0832. The van der Waals surface area contributed by atoms with Crippen molar-refractivity contribution in [1.82, 2.24) is 0 Å². The van der Waals surface area contributed by atoms with Crippen LogP contribution in [-0.2, 0) is 4.74 Å². The lowest BCUT2D eigenvalue weighted by Gasteiger charge is -2.12. The summed E-state index contributed by atoms with van der Waals surface area (Å²) in [5, 5.41) is 0.648. The first-order valence-corrected chi connectivity index (χ1v) is 4.68. The number of para-hydroxylation sites is 1. The molecular formula is C10H11ClO2. The first-order valence-electron chi connectivity index (χ1n) is 4.30. The molecule has 0 N–H and O–H groups in total. The molecule has 1 saturated heterocycles. The lowest BCUT2D eigenvalue weighted by Crippen LogP contribution is -2.18. The second kappa shape index (κ2) is 3.56. The quantitative estimate of drug-likeness (QED) is 0.697. The average Bonchev–Trinajstić information content (AvgIpc) is 2.91. The van der Waals surface area contributed by atoms with E-state index in [0.717, 1.165) is 12.4 Å². The highest BCUT2D eigenvalue weighted by molar-refractivity contribution is 6.32. The molecule has 1 aromatic rings. The molecule has 2 atom stereocenters. The van der Waals surface area contributed by atoms with Gasteiger partial charge in [-0.1, -0.05) is 23.7 Å². The fourth-order valence-corrected chi connectivity index (χ4v) is 1.32. The van der Waals surface area contributed by atoms with Crippen LogP contribution < -0.4 is 4.74 Å². The van der Waals surface area contributed by atoms with Crippen LogP contribution in [0.5, 0.6) is 5.75 Å². The Balaban J connectivity index is 2.03. The molecule has 70 valence electrons. The molecule has 1 fully saturated rings. The summed E-state index contributed by atoms with van der Waals surface area (Å²) in [4.78, 5) is 0. The molecule has 0 bridgehead atoms. The molecule has 3 heteroatoms. The first-order chi connectivity index (χ1) is 6.27. The molecule has 2 nitrogen and oxygen atoms in total. The largest absolute Gasteiger partial charge is 0.486 e. The van der Waals surface area contributed by atoms with E-state index < -0.39 is 0 Å². The van der Waals surface area contributed by atoms with Crippen molar-refractivity contribution in [1.29, 1.82) is 0 Å². The lowest BCUT2D eigenvalue weighted by atomic mass is 10.3. The van der Waals surface area contributed by atoms with Crippen molar-refractivity contribution in [3.63, 3.8) is 0 Å². The number of ether oxygens (including phenoxy) is 2. The zero-order valence-electron chi connectivity index (χ0n) is 7.37. The fourth-order valence-electron chi connectivity index (χ4n) is 1.14. The van der Waals surface area contributed by atoms with Gasteiger partial charge in [0.25, 0.3) is 0 Å². The van der Waals surface area contributed by atoms with E-state index in [1.165, 1.54) is 0 Å².